The van der Waals surface area contributed by atoms with Crippen molar-refractivity contribution in [1.29, 1.82) is 0 Å². The van der Waals surface area contributed by atoms with Crippen LogP contribution in [0.1, 0.15) is 50.5 Å². The lowest BCUT2D eigenvalue weighted by Crippen LogP contribution is -2.08. The molecular weight excluding hydrogens is 250 g/mol. The minimum atomic E-state index is -0.163. The Labute approximate surface area is 121 Å². The second kappa shape index (κ2) is 7.73. The van der Waals surface area contributed by atoms with E-state index in [2.05, 4.69) is 17.4 Å². The molecule has 0 aromatic heterocycles. The first-order valence-electron chi connectivity index (χ1n) is 7.48. The van der Waals surface area contributed by atoms with Gasteiger partial charge in [0.05, 0.1) is 12.9 Å². The van der Waals surface area contributed by atoms with Gasteiger partial charge in [-0.1, -0.05) is 31.4 Å². The molecule has 3 nitrogen and oxygen atoms in total. The van der Waals surface area contributed by atoms with Crippen LogP contribution in [0.15, 0.2) is 36.6 Å². The van der Waals surface area contributed by atoms with E-state index in [1.807, 2.05) is 19.1 Å². The molecule has 0 heterocycles. The molecule has 108 valence electrons. The summed E-state index contributed by atoms with van der Waals surface area (Å²) in [4.78, 5) is 11.6. The lowest BCUT2D eigenvalue weighted by molar-refractivity contribution is -0.112. The Kier molecular flexibility index (Phi) is 5.66. The van der Waals surface area contributed by atoms with E-state index in [1.54, 1.807) is 0 Å². The van der Waals surface area contributed by atoms with Gasteiger partial charge in [-0.05, 0) is 43.4 Å². The molecule has 1 amide bonds. The number of carbonyl (C=O) groups excluding carboxylic acids is 1. The fourth-order valence-corrected chi connectivity index (χ4v) is 2.66. The van der Waals surface area contributed by atoms with Crippen molar-refractivity contribution in [3.63, 3.8) is 0 Å². The van der Waals surface area contributed by atoms with E-state index in [1.165, 1.54) is 50.0 Å². The maximum absolute atomic E-state index is 11.6. The van der Waals surface area contributed by atoms with E-state index in [-0.39, 0.29) is 5.91 Å². The van der Waals surface area contributed by atoms with E-state index in [0.717, 1.165) is 5.69 Å². The lowest BCUT2D eigenvalue weighted by Gasteiger charge is -2.22. The van der Waals surface area contributed by atoms with Crippen molar-refractivity contribution < 1.29 is 9.53 Å². The van der Waals surface area contributed by atoms with Gasteiger partial charge in [0.1, 0.15) is 0 Å². The molecule has 1 saturated carbocycles. The molecule has 20 heavy (non-hydrogen) atoms. The Morgan fingerprint density at radius 2 is 1.95 bits per heavy atom. The maximum Gasteiger partial charge on any atom is 0.251 e. The monoisotopic (exact) mass is 273 g/mol. The van der Waals surface area contributed by atoms with Crippen LogP contribution < -0.4 is 5.32 Å². The number of nitrogens with one attached hydrogen (secondary N) is 1. The number of hydrogen-bond donors (Lipinski definition) is 1. The highest BCUT2D eigenvalue weighted by Crippen LogP contribution is 2.32. The van der Waals surface area contributed by atoms with Gasteiger partial charge in [0.2, 0.25) is 0 Å². The standard InChI is InChI=1S/C17H23NO2/c1-2-20-13-12-17(19)18-16-10-8-15(9-11-16)14-6-4-3-5-7-14/h8-14H,2-7H2,1H3,(H,18,19)/b13-12+. The highest BCUT2D eigenvalue weighted by Gasteiger charge is 2.15. The van der Waals surface area contributed by atoms with E-state index >= 15 is 0 Å². The van der Waals surface area contributed by atoms with Gasteiger partial charge in [-0.2, -0.15) is 0 Å². The second-order valence-corrected chi connectivity index (χ2v) is 5.20. The van der Waals surface area contributed by atoms with E-state index in [9.17, 15) is 4.79 Å². The third-order valence-electron chi connectivity index (χ3n) is 3.74. The average Bonchev–Trinajstić information content (AvgIpc) is 2.49. The molecule has 1 fully saturated rings. The number of rotatable bonds is 5. The van der Waals surface area contributed by atoms with Crippen molar-refractivity contribution in [2.75, 3.05) is 11.9 Å². The van der Waals surface area contributed by atoms with Gasteiger partial charge in [-0.15, -0.1) is 0 Å². The van der Waals surface area contributed by atoms with Crippen LogP contribution in [0.5, 0.6) is 0 Å². The van der Waals surface area contributed by atoms with Crippen molar-refractivity contribution in [3.8, 4) is 0 Å². The summed E-state index contributed by atoms with van der Waals surface area (Å²) in [5.41, 5.74) is 2.23. The molecular formula is C17H23NO2. The fourth-order valence-electron chi connectivity index (χ4n) is 2.66. The summed E-state index contributed by atoms with van der Waals surface area (Å²) in [7, 11) is 0. The van der Waals surface area contributed by atoms with Crippen LogP contribution in [0, 0.1) is 0 Å². The maximum atomic E-state index is 11.6. The van der Waals surface area contributed by atoms with Crippen molar-refractivity contribution in [1.82, 2.24) is 0 Å². The summed E-state index contributed by atoms with van der Waals surface area (Å²) in [6.45, 7) is 2.45. The molecule has 1 aliphatic carbocycles. The molecule has 1 aromatic rings. The summed E-state index contributed by atoms with van der Waals surface area (Å²) in [5.74, 6) is 0.537. The number of hydrogen-bond acceptors (Lipinski definition) is 2. The zero-order valence-corrected chi connectivity index (χ0v) is 12.1. The smallest absolute Gasteiger partial charge is 0.251 e. The predicted molar refractivity (Wildman–Crippen MR) is 81.7 cm³/mol. The Balaban J connectivity index is 1.89. The van der Waals surface area contributed by atoms with E-state index in [0.29, 0.717) is 12.5 Å². The first-order valence-corrected chi connectivity index (χ1v) is 7.48. The van der Waals surface area contributed by atoms with Crippen LogP contribution in [0.3, 0.4) is 0 Å². The second-order valence-electron chi connectivity index (χ2n) is 5.20. The number of ether oxygens (including phenoxy) is 1. The number of anilines is 1. The van der Waals surface area contributed by atoms with Crippen LogP contribution in [0.4, 0.5) is 5.69 Å². The summed E-state index contributed by atoms with van der Waals surface area (Å²) < 4.78 is 5.00. The minimum Gasteiger partial charge on any atom is -0.501 e. The van der Waals surface area contributed by atoms with E-state index < -0.39 is 0 Å². The quantitative estimate of drug-likeness (QED) is 0.644. The molecule has 0 atom stereocenters. The molecule has 1 aliphatic rings. The third-order valence-corrected chi connectivity index (χ3v) is 3.74. The predicted octanol–water partition coefficient (Wildman–Crippen LogP) is 4.22. The first-order chi connectivity index (χ1) is 9.79. The van der Waals surface area contributed by atoms with Gasteiger partial charge < -0.3 is 10.1 Å². The van der Waals surface area contributed by atoms with Crippen molar-refractivity contribution in [2.24, 2.45) is 0 Å². The topological polar surface area (TPSA) is 38.3 Å². The Morgan fingerprint density at radius 3 is 2.60 bits per heavy atom. The van der Waals surface area contributed by atoms with Gasteiger partial charge in [0, 0.05) is 11.8 Å². The zero-order valence-electron chi connectivity index (χ0n) is 12.1. The zero-order chi connectivity index (χ0) is 14.2. The van der Waals surface area contributed by atoms with E-state index in [4.69, 9.17) is 4.74 Å². The van der Waals surface area contributed by atoms with Gasteiger partial charge >= 0.3 is 0 Å². The van der Waals surface area contributed by atoms with Gasteiger partial charge in [-0.25, -0.2) is 0 Å². The summed E-state index contributed by atoms with van der Waals surface area (Å²) >= 11 is 0. The molecule has 0 unspecified atom stereocenters. The van der Waals surface area contributed by atoms with Crippen LogP contribution >= 0.6 is 0 Å². The van der Waals surface area contributed by atoms with Crippen molar-refractivity contribution in [2.45, 2.75) is 44.9 Å². The largest absolute Gasteiger partial charge is 0.501 e. The molecule has 1 aromatic carbocycles. The van der Waals surface area contributed by atoms with Gasteiger partial charge in [0.15, 0.2) is 0 Å². The molecule has 0 bridgehead atoms. The average molecular weight is 273 g/mol. The van der Waals surface area contributed by atoms with Crippen molar-refractivity contribution in [3.05, 3.63) is 42.2 Å². The van der Waals surface area contributed by atoms with Gasteiger partial charge in [0.25, 0.3) is 5.91 Å². The highest BCUT2D eigenvalue weighted by molar-refractivity contribution is 5.99. The molecule has 1 N–H and O–H groups in total. The van der Waals surface area contributed by atoms with Crippen LogP contribution in [0.25, 0.3) is 0 Å². The highest BCUT2D eigenvalue weighted by atomic mass is 16.5. The Bertz CT molecular complexity index is 445. The van der Waals surface area contributed by atoms with Crippen LogP contribution in [-0.2, 0) is 9.53 Å². The SMILES string of the molecule is CCO/C=C/C(=O)Nc1ccc(C2CCCCC2)cc1. The molecule has 0 saturated heterocycles. The summed E-state index contributed by atoms with van der Waals surface area (Å²) in [6.07, 6.45) is 9.46. The Morgan fingerprint density at radius 1 is 1.25 bits per heavy atom. The summed E-state index contributed by atoms with van der Waals surface area (Å²) in [5, 5.41) is 2.83. The fraction of sp³-hybridized carbons (Fsp3) is 0.471. The third kappa shape index (κ3) is 4.41. The molecule has 0 spiro atoms. The molecule has 0 radical (unpaired) electrons. The first kappa shape index (κ1) is 14.6. The minimum absolute atomic E-state index is 0.163. The number of amides is 1. The molecule has 2 rings (SSSR count). The lowest BCUT2D eigenvalue weighted by atomic mass is 9.84. The van der Waals surface area contributed by atoms with Crippen LogP contribution in [-0.4, -0.2) is 12.5 Å². The Hall–Kier alpha value is -1.77. The number of benzene rings is 1. The van der Waals surface area contributed by atoms with Crippen LogP contribution in [0.2, 0.25) is 0 Å². The normalized spacial score (nSPS) is 16.2. The number of carbonyl (C=O) groups is 1. The van der Waals surface area contributed by atoms with Gasteiger partial charge in [-0.3, -0.25) is 4.79 Å². The van der Waals surface area contributed by atoms with Crippen molar-refractivity contribution >= 4 is 11.6 Å². The molecule has 0 aliphatic heterocycles. The summed E-state index contributed by atoms with van der Waals surface area (Å²) in [6, 6.07) is 8.24. The molecule has 3 heteroatoms.